The van der Waals surface area contributed by atoms with Gasteiger partial charge in [0.2, 0.25) is 15.9 Å². The zero-order valence-electron chi connectivity index (χ0n) is 20.6. The second-order valence-electron chi connectivity index (χ2n) is 10.1. The van der Waals surface area contributed by atoms with E-state index >= 15 is 0 Å². The summed E-state index contributed by atoms with van der Waals surface area (Å²) >= 11 is 0. The molecule has 8 heteroatoms. The van der Waals surface area contributed by atoms with Crippen LogP contribution >= 0.6 is 0 Å². The molecule has 4 rings (SSSR count). The third kappa shape index (κ3) is 6.61. The van der Waals surface area contributed by atoms with Crippen molar-refractivity contribution in [1.82, 2.24) is 10.0 Å². The number of fused-ring (bicyclic) bond motifs is 1. The van der Waals surface area contributed by atoms with Crippen molar-refractivity contribution < 1.29 is 17.6 Å². The number of amides is 1. The molecule has 1 amide bonds. The van der Waals surface area contributed by atoms with Crippen molar-refractivity contribution in [1.29, 1.82) is 0 Å². The summed E-state index contributed by atoms with van der Waals surface area (Å²) in [7, 11) is -3.84. The Hall–Kier alpha value is -2.45. The second-order valence-corrected chi connectivity index (χ2v) is 11.8. The number of halogens is 1. The molecule has 0 spiro atoms. The number of hydrogen-bond acceptors (Lipinski definition) is 4. The van der Waals surface area contributed by atoms with Crippen LogP contribution in [0.15, 0.2) is 47.4 Å². The standard InChI is InChI=1S/C27H36FN3O3S/c1-19-7-6-10-24(15-19)35(33,34)30-25(16-21-8-4-3-5-9-21)27(32)29-20(2)18-31-14-13-22-17-23(28)11-12-26(22)31/h6-7,10-12,15,17,20-21,25,30H,3-5,8-9,13-14,16,18H2,1-2H3,(H,29,32)/t20-,25-/m0/s1. The van der Waals surface area contributed by atoms with Crippen LogP contribution in [0.3, 0.4) is 0 Å². The van der Waals surface area contributed by atoms with Gasteiger partial charge in [0.1, 0.15) is 11.9 Å². The molecule has 35 heavy (non-hydrogen) atoms. The Morgan fingerprint density at radius 1 is 1.14 bits per heavy atom. The van der Waals surface area contributed by atoms with E-state index < -0.39 is 16.1 Å². The number of nitrogens with zero attached hydrogens (tertiary/aromatic N) is 1. The molecule has 2 atom stereocenters. The minimum absolute atomic E-state index is 0.174. The lowest BCUT2D eigenvalue weighted by atomic mass is 9.85. The molecule has 1 aliphatic heterocycles. The van der Waals surface area contributed by atoms with Gasteiger partial charge in [0.15, 0.2) is 0 Å². The third-order valence-electron chi connectivity index (χ3n) is 7.12. The Morgan fingerprint density at radius 2 is 1.91 bits per heavy atom. The Morgan fingerprint density at radius 3 is 2.66 bits per heavy atom. The molecule has 190 valence electrons. The van der Waals surface area contributed by atoms with E-state index in [0.717, 1.165) is 55.5 Å². The predicted octanol–water partition coefficient (Wildman–Crippen LogP) is 4.32. The van der Waals surface area contributed by atoms with Crippen LogP contribution < -0.4 is 14.9 Å². The van der Waals surface area contributed by atoms with Crippen LogP contribution in [0, 0.1) is 18.7 Å². The first kappa shape index (κ1) is 25.6. The number of carbonyl (C=O) groups is 1. The maximum absolute atomic E-state index is 13.6. The van der Waals surface area contributed by atoms with E-state index in [-0.39, 0.29) is 22.7 Å². The first-order chi connectivity index (χ1) is 16.7. The number of aryl methyl sites for hydroxylation is 1. The number of hydrogen-bond donors (Lipinski definition) is 2. The number of anilines is 1. The maximum atomic E-state index is 13.6. The number of rotatable bonds is 9. The van der Waals surface area contributed by atoms with Crippen LogP contribution in [0.1, 0.15) is 56.6 Å². The van der Waals surface area contributed by atoms with Crippen LogP contribution in [0.25, 0.3) is 0 Å². The molecule has 2 aliphatic rings. The van der Waals surface area contributed by atoms with Gasteiger partial charge >= 0.3 is 0 Å². The predicted molar refractivity (Wildman–Crippen MR) is 136 cm³/mol. The van der Waals surface area contributed by atoms with Crippen LogP contribution in [0.5, 0.6) is 0 Å². The molecule has 2 N–H and O–H groups in total. The largest absolute Gasteiger partial charge is 0.369 e. The van der Waals surface area contributed by atoms with Crippen molar-refractivity contribution in [3.63, 3.8) is 0 Å². The summed E-state index contributed by atoms with van der Waals surface area (Å²) in [6.45, 7) is 5.11. The summed E-state index contributed by atoms with van der Waals surface area (Å²) in [5, 5.41) is 3.04. The summed E-state index contributed by atoms with van der Waals surface area (Å²) in [5.41, 5.74) is 2.82. The first-order valence-corrected chi connectivity index (χ1v) is 14.1. The first-order valence-electron chi connectivity index (χ1n) is 12.6. The van der Waals surface area contributed by atoms with Crippen LogP contribution in [-0.2, 0) is 21.2 Å². The van der Waals surface area contributed by atoms with Gasteiger partial charge in [0.05, 0.1) is 4.90 Å². The fourth-order valence-electron chi connectivity index (χ4n) is 5.35. The zero-order chi connectivity index (χ0) is 25.0. The molecule has 0 aromatic heterocycles. The Balaban J connectivity index is 1.44. The van der Waals surface area contributed by atoms with Crippen molar-refractivity contribution in [3.8, 4) is 0 Å². The van der Waals surface area contributed by atoms with Crippen molar-refractivity contribution >= 4 is 21.6 Å². The van der Waals surface area contributed by atoms with Crippen LogP contribution in [0.4, 0.5) is 10.1 Å². The fourth-order valence-corrected chi connectivity index (χ4v) is 6.66. The van der Waals surface area contributed by atoms with E-state index in [1.165, 1.54) is 12.5 Å². The van der Waals surface area contributed by atoms with Crippen molar-refractivity contribution in [3.05, 3.63) is 59.4 Å². The quantitative estimate of drug-likeness (QED) is 0.537. The Bertz CT molecular complexity index is 1150. The normalized spacial score (nSPS) is 18.2. The molecule has 1 heterocycles. The van der Waals surface area contributed by atoms with Gasteiger partial charge in [0, 0.05) is 24.8 Å². The summed E-state index contributed by atoms with van der Waals surface area (Å²) < 4.78 is 42.5. The molecular formula is C27H36FN3O3S. The number of carbonyl (C=O) groups excluding carboxylic acids is 1. The zero-order valence-corrected chi connectivity index (χ0v) is 21.4. The minimum Gasteiger partial charge on any atom is -0.369 e. The van der Waals surface area contributed by atoms with E-state index in [0.29, 0.717) is 18.9 Å². The minimum atomic E-state index is -3.84. The van der Waals surface area contributed by atoms with Gasteiger partial charge in [-0.2, -0.15) is 4.72 Å². The van der Waals surface area contributed by atoms with Gasteiger partial charge in [-0.15, -0.1) is 0 Å². The highest BCUT2D eigenvalue weighted by atomic mass is 32.2. The molecule has 1 fully saturated rings. The highest BCUT2D eigenvalue weighted by Crippen LogP contribution is 2.29. The van der Waals surface area contributed by atoms with E-state index in [1.807, 2.05) is 19.9 Å². The topological polar surface area (TPSA) is 78.5 Å². The van der Waals surface area contributed by atoms with Gasteiger partial charge in [-0.05, 0) is 74.1 Å². The number of nitrogens with one attached hydrogen (secondary N) is 2. The highest BCUT2D eigenvalue weighted by molar-refractivity contribution is 7.89. The molecule has 0 radical (unpaired) electrons. The molecule has 6 nitrogen and oxygen atoms in total. The average molecular weight is 502 g/mol. The summed E-state index contributed by atoms with van der Waals surface area (Å²) in [4.78, 5) is 15.7. The summed E-state index contributed by atoms with van der Waals surface area (Å²) in [5.74, 6) is -0.202. The maximum Gasteiger partial charge on any atom is 0.241 e. The SMILES string of the molecule is Cc1cccc(S(=O)(=O)N[C@@H](CC2CCCCC2)C(=O)N[C@@H](C)CN2CCc3cc(F)ccc32)c1. The third-order valence-corrected chi connectivity index (χ3v) is 8.59. The number of benzene rings is 2. The number of sulfonamides is 1. The second kappa shape index (κ2) is 11.1. The van der Waals surface area contributed by atoms with Gasteiger partial charge in [0.25, 0.3) is 0 Å². The van der Waals surface area contributed by atoms with Crippen molar-refractivity contribution in [2.75, 3.05) is 18.0 Å². The smallest absolute Gasteiger partial charge is 0.241 e. The Labute approximate surface area is 208 Å². The van der Waals surface area contributed by atoms with Crippen molar-refractivity contribution in [2.45, 2.75) is 75.8 Å². The lowest BCUT2D eigenvalue weighted by Crippen LogP contribution is -2.52. The molecule has 0 bridgehead atoms. The van der Waals surface area contributed by atoms with Gasteiger partial charge in [-0.3, -0.25) is 4.79 Å². The monoisotopic (exact) mass is 501 g/mol. The van der Waals surface area contributed by atoms with E-state index in [4.69, 9.17) is 0 Å². The highest BCUT2D eigenvalue weighted by Gasteiger charge is 2.30. The van der Waals surface area contributed by atoms with E-state index in [1.54, 1.807) is 30.3 Å². The molecule has 0 unspecified atom stereocenters. The molecule has 2 aromatic rings. The molecular weight excluding hydrogens is 465 g/mol. The lowest BCUT2D eigenvalue weighted by molar-refractivity contribution is -0.123. The van der Waals surface area contributed by atoms with Gasteiger partial charge in [-0.25, -0.2) is 12.8 Å². The molecule has 1 saturated carbocycles. The van der Waals surface area contributed by atoms with Crippen LogP contribution in [-0.4, -0.2) is 39.5 Å². The summed E-state index contributed by atoms with van der Waals surface area (Å²) in [6.07, 6.45) is 6.74. The van der Waals surface area contributed by atoms with Gasteiger partial charge in [-0.1, -0.05) is 44.2 Å². The molecule has 2 aromatic carbocycles. The Kier molecular flexibility index (Phi) is 8.12. The fraction of sp³-hybridized carbons (Fsp3) is 0.519. The lowest BCUT2D eigenvalue weighted by Gasteiger charge is -2.29. The van der Waals surface area contributed by atoms with Gasteiger partial charge < -0.3 is 10.2 Å². The van der Waals surface area contributed by atoms with Crippen LogP contribution in [0.2, 0.25) is 0 Å². The summed E-state index contributed by atoms with van der Waals surface area (Å²) in [6, 6.07) is 10.5. The van der Waals surface area contributed by atoms with E-state index in [2.05, 4.69) is 14.9 Å². The molecule has 0 saturated heterocycles. The average Bonchev–Trinajstić information content (AvgIpc) is 3.20. The molecule has 1 aliphatic carbocycles. The van der Waals surface area contributed by atoms with Crippen molar-refractivity contribution in [2.24, 2.45) is 5.92 Å². The van der Waals surface area contributed by atoms with E-state index in [9.17, 15) is 17.6 Å².